The molecule has 0 aliphatic rings. The fourth-order valence-electron chi connectivity index (χ4n) is 2.51. The van der Waals surface area contributed by atoms with E-state index >= 15 is 0 Å². The van der Waals surface area contributed by atoms with Crippen LogP contribution < -0.4 is 16.0 Å². The Bertz CT molecular complexity index is 670. The zero-order chi connectivity index (χ0) is 31.7. The first-order valence-corrected chi connectivity index (χ1v) is 14.1. The molecule has 0 bridgehead atoms. The second-order valence-electron chi connectivity index (χ2n) is 9.41. The maximum Gasteiger partial charge on any atom is 0.407 e. The van der Waals surface area contributed by atoms with E-state index in [2.05, 4.69) is 17.6 Å². The molecule has 0 aromatic heterocycles. The van der Waals surface area contributed by atoms with Crippen LogP contribution in [0.4, 0.5) is 4.79 Å². The van der Waals surface area contributed by atoms with Gasteiger partial charge >= 0.3 is 12.1 Å². The summed E-state index contributed by atoms with van der Waals surface area (Å²) in [6.07, 6.45) is 3.21. The molecule has 0 unspecified atom stereocenters. The van der Waals surface area contributed by atoms with E-state index in [-0.39, 0.29) is 12.5 Å². The van der Waals surface area contributed by atoms with Crippen molar-refractivity contribution in [3.8, 4) is 0 Å². The van der Waals surface area contributed by atoms with E-state index in [0.29, 0.717) is 92.2 Å². The number of carbonyl (C=O) groups is 3. The van der Waals surface area contributed by atoms with E-state index in [1.165, 1.54) is 6.41 Å². The second kappa shape index (κ2) is 32.9. The average molecular weight is 868 g/mol. The molecule has 260 valence electrons. The zero-order valence-corrected chi connectivity index (χ0v) is 28.4. The molecule has 0 radical (unpaired) electrons. The van der Waals surface area contributed by atoms with Crippen LogP contribution in [-0.2, 0) is 47.5 Å². The monoisotopic (exact) mass is 867 g/mol. The first-order valence-electron chi connectivity index (χ1n) is 14.1. The predicted molar refractivity (Wildman–Crippen MR) is 153 cm³/mol. The summed E-state index contributed by atoms with van der Waals surface area (Å²) in [5.74, 6) is -1.04. The minimum absolute atomic E-state index is 0. The van der Waals surface area contributed by atoms with Crippen molar-refractivity contribution in [3.63, 3.8) is 0 Å². The Labute approximate surface area is 249 Å². The third-order valence-corrected chi connectivity index (χ3v) is 4.41. The van der Waals surface area contributed by atoms with Gasteiger partial charge in [0.2, 0.25) is 5.91 Å². The number of hydrogen-bond donors (Lipinski definition) is 4. The van der Waals surface area contributed by atoms with E-state index in [4.69, 9.17) is 38.3 Å². The summed E-state index contributed by atoms with van der Waals surface area (Å²) in [4.78, 5) is 41.6. The quantitative estimate of drug-likeness (QED) is 0.0514. The number of carboxylic acid groups (broad SMARTS) is 1. The maximum atomic E-state index is 11.5. The van der Waals surface area contributed by atoms with E-state index in [1.807, 2.05) is 26.1 Å². The number of nitrogens with one attached hydrogen (secondary N) is 3. The van der Waals surface area contributed by atoms with Crippen LogP contribution in [0, 0.1) is 0 Å². The Morgan fingerprint density at radius 2 is 1.14 bits per heavy atom. The number of carbonyl (C=O) groups excluding carboxylic acids is 3. The van der Waals surface area contributed by atoms with Crippen LogP contribution in [0.1, 0.15) is 47.0 Å². The fourth-order valence-corrected chi connectivity index (χ4v) is 2.51. The topological polar surface area (TPSA) is 189 Å². The van der Waals surface area contributed by atoms with Gasteiger partial charge in [0.15, 0.2) is 0 Å². The molecule has 0 heterocycles. The van der Waals surface area contributed by atoms with Crippen molar-refractivity contribution in [2.24, 2.45) is 0 Å². The number of rotatable bonds is 27. The number of unbranched alkanes of at least 4 members (excludes halogenated alkanes) is 1. The molecule has 43 heavy (non-hydrogen) atoms. The summed E-state index contributed by atoms with van der Waals surface area (Å²) in [7, 11) is 0. The van der Waals surface area contributed by atoms with Crippen LogP contribution in [0.2, 0.25) is 0 Å². The van der Waals surface area contributed by atoms with Gasteiger partial charge in [-0.1, -0.05) is 13.3 Å². The van der Waals surface area contributed by atoms with Crippen LogP contribution in [-0.4, -0.2) is 134 Å². The summed E-state index contributed by atoms with van der Waals surface area (Å²) in [5.41, 5.74) is -0.507. The Morgan fingerprint density at radius 3 is 1.51 bits per heavy atom. The Hall–Kier alpha value is -3.56. The summed E-state index contributed by atoms with van der Waals surface area (Å²) >= 11 is 0. The molecular weight excluding hydrogens is 815 g/mol. The van der Waals surface area contributed by atoms with Gasteiger partial charge in [-0.2, -0.15) is 6.41 Å². The van der Waals surface area contributed by atoms with E-state index < -0.39 is 17.7 Å². The fraction of sp³-hybridized carbons (Fsp3) is 0.852. The average Bonchev–Trinajstić information content (AvgIpc) is 2.92. The molecule has 3 amide bonds. The van der Waals surface area contributed by atoms with E-state index in [0.717, 1.165) is 19.4 Å². The minimum Gasteiger partial charge on any atom is -0.521 e. The molecule has 0 saturated heterocycles. The van der Waals surface area contributed by atoms with Crippen molar-refractivity contribution in [1.29, 1.82) is 0 Å². The van der Waals surface area contributed by atoms with Crippen LogP contribution >= 0.6 is 0 Å². The van der Waals surface area contributed by atoms with Crippen molar-refractivity contribution >= 4 is 24.4 Å². The number of hydrogen-bond acceptors (Lipinski definition) is 11. The molecule has 15 nitrogen and oxygen atoms in total. The van der Waals surface area contributed by atoms with Gasteiger partial charge in [0.05, 0.1) is 85.8 Å². The van der Waals surface area contributed by atoms with Crippen molar-refractivity contribution in [1.82, 2.24) is 16.0 Å². The number of carboxylic acids is 1. The number of aliphatic carboxylic acids is 1. The maximum absolute atomic E-state index is 11.5. The van der Waals surface area contributed by atoms with Crippen molar-refractivity contribution in [3.05, 3.63) is 0 Å². The Kier molecular flexibility index (Phi) is 33.6. The molecule has 0 fully saturated rings. The summed E-state index contributed by atoms with van der Waals surface area (Å²) in [6.45, 7) is 13.8. The number of alkyl carbamates (subject to hydrolysis) is 1. The van der Waals surface area contributed by atoms with Gasteiger partial charge in [0, 0.05) is 19.5 Å². The molecule has 0 atom stereocenters. The second-order valence-corrected chi connectivity index (χ2v) is 9.41. The van der Waals surface area contributed by atoms with E-state index in [1.54, 1.807) is 0 Å². The largest absolute Gasteiger partial charge is 0.521 e. The first kappa shape index (κ1) is 43.9. The first-order chi connectivity index (χ1) is 20.1. The third-order valence-electron chi connectivity index (χ3n) is 4.41. The molecule has 0 aromatic carbocycles. The van der Waals surface area contributed by atoms with Crippen molar-refractivity contribution < 1.29 is 57.4 Å². The number of ether oxygens (including phenoxy) is 7. The molecule has 0 spiro atoms. The molecular formula is C27H52FmN3O12-. The van der Waals surface area contributed by atoms with Gasteiger partial charge in [-0.05, 0) is 27.2 Å². The van der Waals surface area contributed by atoms with Gasteiger partial charge < -0.3 is 59.0 Å². The van der Waals surface area contributed by atoms with Gasteiger partial charge in [-0.25, -0.2) is 4.79 Å². The summed E-state index contributed by atoms with van der Waals surface area (Å²) < 4.78 is 37.5. The summed E-state index contributed by atoms with van der Waals surface area (Å²) in [5, 5.41) is 15.1. The van der Waals surface area contributed by atoms with Crippen LogP contribution in [0.15, 0.2) is 0 Å². The zero-order valence-electron chi connectivity index (χ0n) is 26.0. The molecule has 0 aliphatic carbocycles. The molecule has 0 aliphatic heterocycles. The molecule has 0 rings (SSSR count). The minimum atomic E-state index is -1.07. The summed E-state index contributed by atoms with van der Waals surface area (Å²) in [6, 6.07) is 0. The smallest absolute Gasteiger partial charge is 0.407 e. The standard InChI is InChI=1S/C24H48N2O9.C3H4NO3.Fm/c1-5-6-8-25-22(27)7-10-29-12-14-31-16-18-33-20-21-34-19-17-32-15-13-30-11-9-26-23(28)35-24(2,3)4;5-2-4-1-3(6)7;/h5-21H2,1-4H3,(H,25,27)(H,26,28);1H2,(H,4,5)(H,6,7);/q;-1;. The van der Waals surface area contributed by atoms with Crippen LogP contribution in [0.5, 0.6) is 0 Å². The molecule has 4 N–H and O–H groups in total. The molecule has 16 heteroatoms. The van der Waals surface area contributed by atoms with Crippen molar-refractivity contribution in [2.75, 3.05) is 98.9 Å². The Balaban J connectivity index is -0.00000177. The van der Waals surface area contributed by atoms with E-state index in [9.17, 15) is 19.2 Å². The van der Waals surface area contributed by atoms with Crippen LogP contribution in [0.3, 0.4) is 0 Å². The van der Waals surface area contributed by atoms with Gasteiger partial charge in [0.25, 0.3) is 0 Å². The normalized spacial score (nSPS) is 10.5. The third kappa shape index (κ3) is 43.0. The van der Waals surface area contributed by atoms with Gasteiger partial charge in [0.1, 0.15) is 5.60 Å². The van der Waals surface area contributed by atoms with Gasteiger partial charge in [-0.15, -0.1) is 0 Å². The van der Waals surface area contributed by atoms with Crippen LogP contribution in [0.25, 0.3) is 0 Å². The van der Waals surface area contributed by atoms with Crippen molar-refractivity contribution in [2.45, 2.75) is 52.6 Å². The Morgan fingerprint density at radius 1 is 0.698 bits per heavy atom. The molecule has 0 saturated carbocycles. The SMILES string of the molecule is CCCCNC(=O)CCOCCOCCOCCOCCOCCOCCNC(=O)OC(C)(C)C.O=[C-]NCC(=O)O.[Fm]. The molecule has 0 aromatic rings. The van der Waals surface area contributed by atoms with Gasteiger partial charge in [-0.3, -0.25) is 9.59 Å². The number of amides is 3. The predicted octanol–water partition coefficient (Wildman–Crippen LogP) is 0.645.